The molecule has 0 aliphatic carbocycles. The Balaban J connectivity index is 0.000000201. The van der Waals surface area contributed by atoms with Crippen LogP contribution in [0.5, 0.6) is 0 Å². The maximum atomic E-state index is 9.42. The van der Waals surface area contributed by atoms with Crippen LogP contribution >= 0.6 is 0 Å². The number of aliphatic hydroxyl groups is 1. The lowest BCUT2D eigenvalue weighted by atomic mass is 10.1. The average Bonchev–Trinajstić information content (AvgIpc) is 3.23. The summed E-state index contributed by atoms with van der Waals surface area (Å²) in [6, 6.07) is 19.3. The van der Waals surface area contributed by atoms with Gasteiger partial charge in [0.1, 0.15) is 0 Å². The monoisotopic (exact) mass is 330 g/mol. The molecule has 1 aliphatic rings. The van der Waals surface area contributed by atoms with Crippen LogP contribution in [0.1, 0.15) is 27.7 Å². The smallest absolute Gasteiger partial charge is 0.0860 e. The van der Waals surface area contributed by atoms with Crippen molar-refractivity contribution in [1.82, 2.24) is 0 Å². The van der Waals surface area contributed by atoms with E-state index in [0.29, 0.717) is 6.54 Å². The summed E-state index contributed by atoms with van der Waals surface area (Å²) in [6.07, 6.45) is 0. The van der Waals surface area contributed by atoms with Crippen molar-refractivity contribution in [2.24, 2.45) is 0 Å². The Morgan fingerprint density at radius 1 is 1.04 bits per heavy atom. The minimum absolute atomic E-state index is 0.250. The molecule has 132 valence electrons. The summed E-state index contributed by atoms with van der Waals surface area (Å²) >= 11 is 0. The molecule has 0 amide bonds. The van der Waals surface area contributed by atoms with E-state index in [1.807, 2.05) is 60.7 Å². The zero-order valence-corrected chi connectivity index (χ0v) is 15.1. The molecule has 4 N–H and O–H groups in total. The molecule has 2 aromatic carbocycles. The van der Waals surface area contributed by atoms with Crippen molar-refractivity contribution >= 4 is 11.4 Å². The van der Waals surface area contributed by atoms with Crippen LogP contribution < -0.4 is 11.1 Å². The predicted octanol–water partition coefficient (Wildman–Crippen LogP) is 3.93. The predicted molar refractivity (Wildman–Crippen MR) is 102 cm³/mol. The maximum Gasteiger partial charge on any atom is 0.0860 e. The van der Waals surface area contributed by atoms with Crippen molar-refractivity contribution in [2.75, 3.05) is 24.2 Å². The Kier molecular flexibility index (Phi) is 7.75. The minimum atomic E-state index is -0.657. The van der Waals surface area contributed by atoms with Gasteiger partial charge in [0.05, 0.1) is 17.8 Å². The molecule has 0 spiro atoms. The van der Waals surface area contributed by atoms with Crippen LogP contribution in [0.4, 0.5) is 11.4 Å². The quantitative estimate of drug-likeness (QED) is 0.589. The summed E-state index contributed by atoms with van der Waals surface area (Å²) in [5.74, 6) is 0. The van der Waals surface area contributed by atoms with Crippen molar-refractivity contribution < 1.29 is 9.84 Å². The van der Waals surface area contributed by atoms with Crippen LogP contribution in [0.25, 0.3) is 0 Å². The third-order valence-electron chi connectivity index (χ3n) is 3.02. The van der Waals surface area contributed by atoms with E-state index >= 15 is 0 Å². The summed E-state index contributed by atoms with van der Waals surface area (Å²) < 4.78 is 4.90. The summed E-state index contributed by atoms with van der Waals surface area (Å²) in [7, 11) is 0. The fourth-order valence-electron chi connectivity index (χ4n) is 1.47. The number of epoxide rings is 1. The van der Waals surface area contributed by atoms with Crippen LogP contribution in [0.2, 0.25) is 0 Å². The molecule has 0 radical (unpaired) electrons. The van der Waals surface area contributed by atoms with Gasteiger partial charge >= 0.3 is 0 Å². The second kappa shape index (κ2) is 9.30. The van der Waals surface area contributed by atoms with Crippen LogP contribution in [0, 0.1) is 0 Å². The molecule has 0 aromatic heterocycles. The molecule has 24 heavy (non-hydrogen) atoms. The highest BCUT2D eigenvalue weighted by molar-refractivity contribution is 5.42. The first kappa shape index (κ1) is 20.0. The topological polar surface area (TPSA) is 70.8 Å². The summed E-state index contributed by atoms with van der Waals surface area (Å²) in [4.78, 5) is 0. The molecule has 1 saturated heterocycles. The lowest BCUT2D eigenvalue weighted by Gasteiger charge is -2.18. The first-order chi connectivity index (χ1) is 11.2. The molecule has 0 atom stereocenters. The number of anilines is 2. The van der Waals surface area contributed by atoms with E-state index in [-0.39, 0.29) is 5.60 Å². The van der Waals surface area contributed by atoms with Gasteiger partial charge in [-0.25, -0.2) is 0 Å². The first-order valence-corrected chi connectivity index (χ1v) is 8.14. The standard InChI is InChI=1S/C10H15NO.C6H7N.C4H8O/c1-10(2,12)8-11-9-6-4-3-5-7-9;7-6-4-2-1-3-5-6;1-4(2)3-5-4/h3-7,11-12H,8H2,1-2H3;1-5H,7H2;3H2,1-2H3. The first-order valence-electron chi connectivity index (χ1n) is 8.14. The molecule has 4 nitrogen and oxygen atoms in total. The zero-order chi connectivity index (χ0) is 18.1. The van der Waals surface area contributed by atoms with E-state index in [9.17, 15) is 5.11 Å². The van der Waals surface area contributed by atoms with E-state index in [1.165, 1.54) is 0 Å². The molecule has 1 aliphatic heterocycles. The third-order valence-corrected chi connectivity index (χ3v) is 3.02. The number of nitrogens with one attached hydrogen (secondary N) is 1. The van der Waals surface area contributed by atoms with Gasteiger partial charge in [-0.05, 0) is 52.0 Å². The molecular weight excluding hydrogens is 300 g/mol. The van der Waals surface area contributed by atoms with Crippen LogP contribution in [-0.2, 0) is 4.74 Å². The normalized spacial score (nSPS) is 14.4. The average molecular weight is 330 g/mol. The lowest BCUT2D eigenvalue weighted by Crippen LogP contribution is -2.29. The highest BCUT2D eigenvalue weighted by atomic mass is 16.6. The van der Waals surface area contributed by atoms with E-state index in [1.54, 1.807) is 13.8 Å². The van der Waals surface area contributed by atoms with Crippen molar-refractivity contribution in [3.05, 3.63) is 60.7 Å². The minimum Gasteiger partial charge on any atom is -0.399 e. The Hall–Kier alpha value is -2.04. The second-order valence-corrected chi connectivity index (χ2v) is 6.99. The third kappa shape index (κ3) is 11.5. The Morgan fingerprint density at radius 3 is 1.75 bits per heavy atom. The van der Waals surface area contributed by atoms with Gasteiger partial charge < -0.3 is 20.9 Å². The van der Waals surface area contributed by atoms with Gasteiger partial charge in [0, 0.05) is 17.9 Å². The largest absolute Gasteiger partial charge is 0.399 e. The van der Waals surface area contributed by atoms with Crippen LogP contribution in [0.15, 0.2) is 60.7 Å². The molecule has 3 rings (SSSR count). The molecule has 0 unspecified atom stereocenters. The highest BCUT2D eigenvalue weighted by Crippen LogP contribution is 2.23. The molecular formula is C20H30N2O2. The van der Waals surface area contributed by atoms with Crippen molar-refractivity contribution in [1.29, 1.82) is 0 Å². The second-order valence-electron chi connectivity index (χ2n) is 6.99. The fraction of sp³-hybridized carbons (Fsp3) is 0.400. The molecule has 0 saturated carbocycles. The Labute approximate surface area is 145 Å². The maximum absolute atomic E-state index is 9.42. The van der Waals surface area contributed by atoms with Gasteiger partial charge in [0.15, 0.2) is 0 Å². The molecule has 1 heterocycles. The van der Waals surface area contributed by atoms with E-state index in [2.05, 4.69) is 19.2 Å². The zero-order valence-electron chi connectivity index (χ0n) is 15.1. The van der Waals surface area contributed by atoms with E-state index in [0.717, 1.165) is 18.0 Å². The number of para-hydroxylation sites is 2. The van der Waals surface area contributed by atoms with E-state index < -0.39 is 5.60 Å². The van der Waals surface area contributed by atoms with Crippen molar-refractivity contribution in [2.45, 2.75) is 38.9 Å². The number of nitrogen functional groups attached to an aromatic ring is 1. The van der Waals surface area contributed by atoms with Gasteiger partial charge in [0.25, 0.3) is 0 Å². The molecule has 0 bridgehead atoms. The molecule has 1 fully saturated rings. The van der Waals surface area contributed by atoms with Crippen LogP contribution in [-0.4, -0.2) is 29.5 Å². The van der Waals surface area contributed by atoms with Gasteiger partial charge in [0.2, 0.25) is 0 Å². The Morgan fingerprint density at radius 2 is 1.46 bits per heavy atom. The van der Waals surface area contributed by atoms with Gasteiger partial charge in [-0.15, -0.1) is 0 Å². The SMILES string of the molecule is CC(C)(O)CNc1ccccc1.CC1(C)CO1.Nc1ccccc1. The summed E-state index contributed by atoms with van der Waals surface area (Å²) in [5.41, 5.74) is 6.81. The number of nitrogens with two attached hydrogens (primary N) is 1. The Bertz CT molecular complexity index is 557. The fourth-order valence-corrected chi connectivity index (χ4v) is 1.47. The number of hydrogen-bond acceptors (Lipinski definition) is 4. The number of benzene rings is 2. The van der Waals surface area contributed by atoms with Crippen LogP contribution in [0.3, 0.4) is 0 Å². The number of rotatable bonds is 3. The van der Waals surface area contributed by atoms with Gasteiger partial charge in [-0.1, -0.05) is 36.4 Å². The lowest BCUT2D eigenvalue weighted by molar-refractivity contribution is 0.0945. The van der Waals surface area contributed by atoms with Crippen molar-refractivity contribution in [3.63, 3.8) is 0 Å². The molecule has 2 aromatic rings. The number of hydrogen-bond donors (Lipinski definition) is 3. The highest BCUT2D eigenvalue weighted by Gasteiger charge is 2.32. The summed E-state index contributed by atoms with van der Waals surface area (Å²) in [6.45, 7) is 9.23. The van der Waals surface area contributed by atoms with Crippen molar-refractivity contribution in [3.8, 4) is 0 Å². The van der Waals surface area contributed by atoms with Gasteiger partial charge in [-0.2, -0.15) is 0 Å². The number of ether oxygens (including phenoxy) is 1. The van der Waals surface area contributed by atoms with Gasteiger partial charge in [-0.3, -0.25) is 0 Å². The summed E-state index contributed by atoms with van der Waals surface area (Å²) in [5, 5.41) is 12.6. The molecule has 4 heteroatoms. The van der Waals surface area contributed by atoms with E-state index in [4.69, 9.17) is 10.5 Å².